The summed E-state index contributed by atoms with van der Waals surface area (Å²) in [5.41, 5.74) is 5.58. The molecule has 0 atom stereocenters. The zero-order chi connectivity index (χ0) is 9.84. The van der Waals surface area contributed by atoms with Crippen molar-refractivity contribution in [1.29, 1.82) is 5.26 Å². The van der Waals surface area contributed by atoms with E-state index in [9.17, 15) is 4.79 Å². The largest absolute Gasteiger partial charge is 0.465 e. The number of hydrogen-bond donors (Lipinski definition) is 1. The second-order valence-electron chi connectivity index (χ2n) is 2.02. The van der Waals surface area contributed by atoms with Gasteiger partial charge in [0.1, 0.15) is 10.6 Å². The number of nitriles is 1. The summed E-state index contributed by atoms with van der Waals surface area (Å²) in [5.74, 6) is -0.471. The molecule has 0 aromatic carbocycles. The Morgan fingerprint density at radius 3 is 3.00 bits per heavy atom. The molecule has 0 amide bonds. The van der Waals surface area contributed by atoms with Crippen LogP contribution in [0.5, 0.6) is 5.75 Å². The van der Waals surface area contributed by atoms with Crippen LogP contribution < -0.4 is 10.5 Å². The zero-order valence-corrected chi connectivity index (χ0v) is 7.55. The molecule has 13 heavy (non-hydrogen) atoms. The third-order valence-electron chi connectivity index (χ3n) is 1.33. The molecule has 0 spiro atoms. The number of nitrogen functional groups attached to an aromatic ring is 1. The molecule has 6 heteroatoms. The third kappa shape index (κ3) is 1.71. The van der Waals surface area contributed by atoms with Gasteiger partial charge in [0, 0.05) is 5.38 Å². The summed E-state index contributed by atoms with van der Waals surface area (Å²) in [6.07, 6.45) is 1.46. The number of carbonyl (C=O) groups is 1. The molecular weight excluding hydrogens is 192 g/mol. The highest BCUT2D eigenvalue weighted by Crippen LogP contribution is 2.31. The van der Waals surface area contributed by atoms with Gasteiger partial charge in [-0.2, -0.15) is 0 Å². The number of hydrogen-bond acceptors (Lipinski definition) is 6. The fourth-order valence-electron chi connectivity index (χ4n) is 0.784. The summed E-state index contributed by atoms with van der Waals surface area (Å²) in [6.45, 7) is 0. The van der Waals surface area contributed by atoms with Crippen molar-refractivity contribution < 1.29 is 14.3 Å². The smallest absolute Gasteiger partial charge is 0.344 e. The van der Waals surface area contributed by atoms with Crippen molar-refractivity contribution >= 4 is 22.3 Å². The van der Waals surface area contributed by atoms with Crippen molar-refractivity contribution in [2.75, 3.05) is 12.8 Å². The van der Waals surface area contributed by atoms with Crippen LogP contribution in [-0.2, 0) is 4.74 Å². The number of methoxy groups -OCH3 is 1. The van der Waals surface area contributed by atoms with E-state index in [1.54, 1.807) is 0 Å². The van der Waals surface area contributed by atoms with Crippen LogP contribution in [0.2, 0.25) is 0 Å². The predicted octanol–water partition coefficient (Wildman–Crippen LogP) is 0.977. The molecule has 68 valence electrons. The minimum atomic E-state index is -0.607. The molecule has 1 heterocycles. The molecule has 2 N–H and O–H groups in total. The average Bonchev–Trinajstić information content (AvgIpc) is 2.47. The van der Waals surface area contributed by atoms with Gasteiger partial charge < -0.3 is 15.2 Å². The normalized spacial score (nSPS) is 8.92. The van der Waals surface area contributed by atoms with Crippen LogP contribution in [0, 0.1) is 11.5 Å². The summed E-state index contributed by atoms with van der Waals surface area (Å²) in [7, 11) is 1.23. The molecule has 0 aliphatic carbocycles. The first-order chi connectivity index (χ1) is 6.20. The molecular formula is C7H6N2O3S. The molecule has 0 bridgehead atoms. The number of nitrogens with zero attached hydrogens (tertiary/aromatic N) is 1. The minimum absolute atomic E-state index is 0.106. The molecule has 0 unspecified atom stereocenters. The Kier molecular flexibility index (Phi) is 2.72. The summed E-state index contributed by atoms with van der Waals surface area (Å²) >= 11 is 1.12. The first kappa shape index (κ1) is 9.35. The third-order valence-corrected chi connectivity index (χ3v) is 2.12. The van der Waals surface area contributed by atoms with Gasteiger partial charge in [-0.15, -0.1) is 16.6 Å². The molecule has 0 aliphatic heterocycles. The Hall–Kier alpha value is -1.74. The van der Waals surface area contributed by atoms with Crippen molar-refractivity contribution in [3.63, 3.8) is 0 Å². The van der Waals surface area contributed by atoms with Gasteiger partial charge in [0.25, 0.3) is 6.26 Å². The predicted molar refractivity (Wildman–Crippen MR) is 46.3 cm³/mol. The first-order valence-electron chi connectivity index (χ1n) is 3.22. The van der Waals surface area contributed by atoms with Gasteiger partial charge in [0.2, 0.25) is 0 Å². The number of anilines is 1. The van der Waals surface area contributed by atoms with E-state index < -0.39 is 5.97 Å². The second-order valence-corrected chi connectivity index (χ2v) is 2.94. The Labute approximate surface area is 78.3 Å². The lowest BCUT2D eigenvalue weighted by atomic mass is 10.3. The van der Waals surface area contributed by atoms with Gasteiger partial charge in [-0.3, -0.25) is 0 Å². The molecule has 0 fully saturated rings. The van der Waals surface area contributed by atoms with E-state index in [1.807, 2.05) is 0 Å². The summed E-state index contributed by atoms with van der Waals surface area (Å²) < 4.78 is 8.98. The fraction of sp³-hybridized carbons (Fsp3) is 0.143. The van der Waals surface area contributed by atoms with Crippen LogP contribution in [-0.4, -0.2) is 13.1 Å². The molecule has 0 saturated carbocycles. The highest BCUT2D eigenvalue weighted by atomic mass is 32.1. The summed E-state index contributed by atoms with van der Waals surface area (Å²) in [4.78, 5) is 11.1. The van der Waals surface area contributed by atoms with Gasteiger partial charge in [-0.05, 0) is 0 Å². The molecule has 0 radical (unpaired) electrons. The quantitative estimate of drug-likeness (QED) is 0.565. The molecule has 1 aromatic heterocycles. The van der Waals surface area contributed by atoms with Crippen LogP contribution >= 0.6 is 11.3 Å². The topological polar surface area (TPSA) is 85.3 Å². The molecule has 0 aliphatic rings. The summed E-state index contributed by atoms with van der Waals surface area (Å²) in [5, 5.41) is 10.00. The number of nitrogens with two attached hydrogens (primary N) is 1. The fourth-order valence-corrected chi connectivity index (χ4v) is 1.49. The van der Waals surface area contributed by atoms with Crippen molar-refractivity contribution in [3.05, 3.63) is 10.9 Å². The minimum Gasteiger partial charge on any atom is -0.465 e. The lowest BCUT2D eigenvalue weighted by molar-refractivity contribution is 0.0600. The summed E-state index contributed by atoms with van der Waals surface area (Å²) in [6, 6.07) is 0. The van der Waals surface area contributed by atoms with E-state index in [2.05, 4.69) is 9.47 Å². The Bertz CT molecular complexity index is 366. The van der Waals surface area contributed by atoms with Gasteiger partial charge in [-0.25, -0.2) is 4.79 Å². The number of esters is 1. The van der Waals surface area contributed by atoms with Crippen molar-refractivity contribution in [2.45, 2.75) is 0 Å². The molecule has 5 nitrogen and oxygen atoms in total. The zero-order valence-electron chi connectivity index (χ0n) is 6.73. The average molecular weight is 198 g/mol. The van der Waals surface area contributed by atoms with Gasteiger partial charge in [-0.1, -0.05) is 0 Å². The first-order valence-corrected chi connectivity index (χ1v) is 4.10. The highest BCUT2D eigenvalue weighted by molar-refractivity contribution is 7.14. The van der Waals surface area contributed by atoms with Crippen LogP contribution in [0.15, 0.2) is 5.38 Å². The standard InChI is InChI=1S/C7H6N2O3S/c1-11-7(10)5-4(12-3-8)2-13-6(5)9/h2H,9H2,1H3. The molecule has 1 aromatic rings. The van der Waals surface area contributed by atoms with E-state index in [0.29, 0.717) is 0 Å². The number of rotatable bonds is 2. The van der Waals surface area contributed by atoms with Crippen molar-refractivity contribution in [2.24, 2.45) is 0 Å². The highest BCUT2D eigenvalue weighted by Gasteiger charge is 2.19. The van der Waals surface area contributed by atoms with Crippen LogP contribution in [0.4, 0.5) is 5.00 Å². The van der Waals surface area contributed by atoms with Crippen molar-refractivity contribution in [3.8, 4) is 12.0 Å². The monoisotopic (exact) mass is 198 g/mol. The number of carbonyl (C=O) groups excluding carboxylic acids is 1. The molecule has 0 saturated heterocycles. The lowest BCUT2D eigenvalue weighted by Crippen LogP contribution is -2.04. The van der Waals surface area contributed by atoms with E-state index in [1.165, 1.54) is 18.7 Å². The van der Waals surface area contributed by atoms with Crippen LogP contribution in [0.1, 0.15) is 10.4 Å². The maximum atomic E-state index is 11.1. The van der Waals surface area contributed by atoms with E-state index in [0.717, 1.165) is 11.3 Å². The number of thiophene rings is 1. The Balaban J connectivity index is 3.09. The Morgan fingerprint density at radius 2 is 2.46 bits per heavy atom. The van der Waals surface area contributed by atoms with E-state index in [-0.39, 0.29) is 16.3 Å². The van der Waals surface area contributed by atoms with Crippen LogP contribution in [0.3, 0.4) is 0 Å². The van der Waals surface area contributed by atoms with Crippen molar-refractivity contribution in [1.82, 2.24) is 0 Å². The maximum Gasteiger partial charge on any atom is 0.344 e. The van der Waals surface area contributed by atoms with Gasteiger partial charge in [0.05, 0.1) is 7.11 Å². The van der Waals surface area contributed by atoms with Crippen LogP contribution in [0.25, 0.3) is 0 Å². The Morgan fingerprint density at radius 1 is 1.77 bits per heavy atom. The molecule has 1 rings (SSSR count). The second kappa shape index (κ2) is 3.78. The van der Waals surface area contributed by atoms with E-state index >= 15 is 0 Å². The SMILES string of the molecule is COC(=O)c1c(OC#N)csc1N. The maximum absolute atomic E-state index is 11.1. The number of ether oxygens (including phenoxy) is 2. The van der Waals surface area contributed by atoms with Gasteiger partial charge in [0.15, 0.2) is 5.75 Å². The lowest BCUT2D eigenvalue weighted by Gasteiger charge is -1.98. The van der Waals surface area contributed by atoms with E-state index in [4.69, 9.17) is 11.0 Å². The van der Waals surface area contributed by atoms with Gasteiger partial charge >= 0.3 is 5.97 Å².